The van der Waals surface area contributed by atoms with Crippen molar-refractivity contribution in [3.05, 3.63) is 59.9 Å². The smallest absolute Gasteiger partial charge is 0.408 e. The summed E-state index contributed by atoms with van der Waals surface area (Å²) in [5.41, 5.74) is 0.608. The number of hydrogen-bond donors (Lipinski definition) is 3. The van der Waals surface area contributed by atoms with Gasteiger partial charge in [-0.25, -0.2) is 18.2 Å². The molecule has 2 saturated carbocycles. The van der Waals surface area contributed by atoms with E-state index in [-0.39, 0.29) is 19.4 Å². The zero-order chi connectivity index (χ0) is 41.9. The first-order valence-corrected chi connectivity index (χ1v) is 22.0. The number of furan rings is 2. The maximum atomic E-state index is 14.7. The van der Waals surface area contributed by atoms with Gasteiger partial charge in [0, 0.05) is 23.8 Å². The lowest BCUT2D eigenvalue weighted by molar-refractivity contribution is -0.141. The van der Waals surface area contributed by atoms with Gasteiger partial charge in [0.05, 0.1) is 11.8 Å². The van der Waals surface area contributed by atoms with Crippen LogP contribution < -0.4 is 20.1 Å². The van der Waals surface area contributed by atoms with Gasteiger partial charge >= 0.3 is 6.09 Å². The Bertz CT molecular complexity index is 2440. The first-order valence-electron chi connectivity index (χ1n) is 20.4. The van der Waals surface area contributed by atoms with Crippen molar-refractivity contribution in [3.63, 3.8) is 0 Å². The predicted molar refractivity (Wildman–Crippen MR) is 218 cm³/mol. The number of para-hydroxylation sites is 1. The quantitative estimate of drug-likeness (QED) is 0.182. The van der Waals surface area contributed by atoms with Crippen molar-refractivity contribution in [2.45, 2.75) is 127 Å². The van der Waals surface area contributed by atoms with Crippen molar-refractivity contribution < 1.29 is 45.9 Å². The van der Waals surface area contributed by atoms with Crippen LogP contribution in [-0.2, 0) is 29.1 Å². The SMILES string of the molecule is Cc1cc(-c2cc(O[C@@H]3C[C@H]4C(=O)N[C@]5(C(=O)NS(=O)(=O)C6CC6)C[C@@H]5/C=C\CCCCC[C@H](NC(=O)OC(C)(C)C)C(=O)N4C3)c3oc4ccccc4c3n2)oc1C. The lowest BCUT2D eigenvalue weighted by Gasteiger charge is -2.30. The third-order valence-electron chi connectivity index (χ3n) is 11.5. The fraction of sp³-hybridized carbons (Fsp3) is 0.512. The molecule has 0 bridgehead atoms. The summed E-state index contributed by atoms with van der Waals surface area (Å²) < 4.78 is 52.7. The zero-order valence-electron chi connectivity index (χ0n) is 34.0. The number of pyridine rings is 1. The van der Waals surface area contributed by atoms with E-state index in [9.17, 15) is 27.6 Å². The molecule has 3 fully saturated rings. The molecule has 15 nitrogen and oxygen atoms in total. The number of aryl methyl sites for hydroxylation is 2. The number of aromatic nitrogens is 1. The average Bonchev–Trinajstić information content (AvgIpc) is 4.03. The van der Waals surface area contributed by atoms with Gasteiger partial charge in [-0.2, -0.15) is 0 Å². The normalized spacial score (nSPS) is 25.9. The highest BCUT2D eigenvalue weighted by atomic mass is 32.2. The van der Waals surface area contributed by atoms with Gasteiger partial charge < -0.3 is 33.8 Å². The van der Waals surface area contributed by atoms with E-state index in [1.807, 2.05) is 56.3 Å². The van der Waals surface area contributed by atoms with E-state index < -0.39 is 74.3 Å². The number of allylic oxidation sites excluding steroid dienone is 1. The van der Waals surface area contributed by atoms with Crippen molar-refractivity contribution in [2.24, 2.45) is 5.92 Å². The van der Waals surface area contributed by atoms with Crippen LogP contribution >= 0.6 is 0 Å². The largest absolute Gasteiger partial charge is 0.484 e. The highest BCUT2D eigenvalue weighted by Crippen LogP contribution is 2.46. The predicted octanol–water partition coefficient (Wildman–Crippen LogP) is 6.10. The molecule has 0 radical (unpaired) electrons. The molecular formula is C43H51N5O10S. The molecule has 0 spiro atoms. The second-order valence-electron chi connectivity index (χ2n) is 17.3. The van der Waals surface area contributed by atoms with E-state index in [2.05, 4.69) is 15.4 Å². The van der Waals surface area contributed by atoms with Crippen LogP contribution in [-0.4, -0.2) is 83.2 Å². The molecule has 0 unspecified atom stereocenters. The highest BCUT2D eigenvalue weighted by Gasteiger charge is 2.62. The van der Waals surface area contributed by atoms with Crippen LogP contribution in [0.3, 0.4) is 0 Å². The number of carbonyl (C=O) groups is 4. The van der Waals surface area contributed by atoms with Gasteiger partial charge in [0.15, 0.2) is 17.1 Å². The van der Waals surface area contributed by atoms with Gasteiger partial charge in [0.1, 0.15) is 51.9 Å². The van der Waals surface area contributed by atoms with E-state index in [0.717, 1.165) is 29.6 Å². The number of ether oxygens (including phenoxy) is 2. The topological polar surface area (TPSA) is 199 Å². The molecule has 5 atom stereocenters. The number of nitrogens with zero attached hydrogens (tertiary/aromatic N) is 2. The second-order valence-corrected chi connectivity index (χ2v) is 19.3. The van der Waals surface area contributed by atoms with Crippen LogP contribution in [0.2, 0.25) is 0 Å². The Labute approximate surface area is 342 Å². The summed E-state index contributed by atoms with van der Waals surface area (Å²) in [5.74, 6) is -0.808. The molecule has 3 aromatic heterocycles. The summed E-state index contributed by atoms with van der Waals surface area (Å²) in [6.45, 7) is 8.94. The number of nitrogens with one attached hydrogen (secondary N) is 3. The number of amides is 4. The Morgan fingerprint density at radius 3 is 2.54 bits per heavy atom. The number of hydrogen-bond acceptors (Lipinski definition) is 11. The number of fused-ring (bicyclic) bond motifs is 5. The molecule has 4 aliphatic rings. The van der Waals surface area contributed by atoms with Gasteiger partial charge in [0.2, 0.25) is 21.8 Å². The molecule has 59 heavy (non-hydrogen) atoms. The summed E-state index contributed by atoms with van der Waals surface area (Å²) >= 11 is 0. The Morgan fingerprint density at radius 1 is 1.03 bits per heavy atom. The van der Waals surface area contributed by atoms with Crippen LogP contribution in [0.15, 0.2) is 57.4 Å². The Hall–Kier alpha value is -5.38. The zero-order valence-corrected chi connectivity index (χ0v) is 34.8. The van der Waals surface area contributed by atoms with E-state index in [4.69, 9.17) is 23.3 Å². The van der Waals surface area contributed by atoms with E-state index in [1.165, 1.54) is 4.90 Å². The maximum absolute atomic E-state index is 14.7. The molecule has 4 amide bonds. The fourth-order valence-corrected chi connectivity index (χ4v) is 9.41. The van der Waals surface area contributed by atoms with Crippen molar-refractivity contribution in [3.8, 4) is 17.2 Å². The minimum absolute atomic E-state index is 0.00759. The maximum Gasteiger partial charge on any atom is 0.408 e. The minimum Gasteiger partial charge on any atom is -0.484 e. The molecule has 8 rings (SSSR count). The summed E-state index contributed by atoms with van der Waals surface area (Å²) in [6, 6.07) is 8.89. The van der Waals surface area contributed by atoms with Crippen LogP contribution in [0.25, 0.3) is 33.5 Å². The molecule has 2 aliphatic heterocycles. The Morgan fingerprint density at radius 2 is 1.81 bits per heavy atom. The molecule has 1 aromatic carbocycles. The van der Waals surface area contributed by atoms with Gasteiger partial charge in [-0.3, -0.25) is 19.1 Å². The third kappa shape index (κ3) is 8.41. The third-order valence-corrected chi connectivity index (χ3v) is 13.4. The standard InChI is InChI=1S/C43H51N5O10S/c1-24-19-34(55-25(24)2)31-21-35(37-36(44-31)29-14-11-12-16-33(29)57-37)56-27-20-32-38(49)46-43(40(51)47-59(53,54)28-17-18-28)22-26(43)13-9-7-6-8-10-15-30(39(50)48(32)23-27)45-41(52)58-42(3,4)5/h9,11-14,16,19,21,26-28,30,32H,6-8,10,15,17-18,20,22-23H2,1-5H3,(H,45,52)(H,46,49)(H,47,51)/b13-9-/t26-,27+,30-,32-,43+/m0/s1. The van der Waals surface area contributed by atoms with E-state index in [0.29, 0.717) is 66.0 Å². The van der Waals surface area contributed by atoms with Gasteiger partial charge in [-0.15, -0.1) is 0 Å². The van der Waals surface area contributed by atoms with Crippen molar-refractivity contribution in [1.82, 2.24) is 25.2 Å². The number of alkyl carbamates (subject to hydrolysis) is 1. The molecule has 3 N–H and O–H groups in total. The van der Waals surface area contributed by atoms with Gasteiger partial charge in [0.25, 0.3) is 5.91 Å². The van der Waals surface area contributed by atoms with Gasteiger partial charge in [-0.05, 0) is 96.9 Å². The molecule has 1 saturated heterocycles. The first kappa shape index (κ1) is 40.4. The van der Waals surface area contributed by atoms with Crippen LogP contribution in [0.5, 0.6) is 5.75 Å². The van der Waals surface area contributed by atoms with E-state index in [1.54, 1.807) is 26.8 Å². The van der Waals surface area contributed by atoms with Gasteiger partial charge in [-0.1, -0.05) is 37.1 Å². The lowest BCUT2D eigenvalue weighted by atomic mass is 10.0. The van der Waals surface area contributed by atoms with Crippen molar-refractivity contribution in [2.75, 3.05) is 6.54 Å². The molecule has 16 heteroatoms. The van der Waals surface area contributed by atoms with Crippen LogP contribution in [0.1, 0.15) is 89.9 Å². The number of rotatable bonds is 7. The molecular weight excluding hydrogens is 779 g/mol. The van der Waals surface area contributed by atoms with Crippen LogP contribution in [0.4, 0.5) is 4.79 Å². The Balaban J connectivity index is 1.15. The van der Waals surface area contributed by atoms with E-state index >= 15 is 0 Å². The first-order chi connectivity index (χ1) is 28.0. The number of benzene rings is 1. The monoisotopic (exact) mass is 829 g/mol. The van der Waals surface area contributed by atoms with Crippen LogP contribution in [0, 0.1) is 19.8 Å². The van der Waals surface area contributed by atoms with Crippen molar-refractivity contribution in [1.29, 1.82) is 0 Å². The Kier molecular flexibility index (Phi) is 10.5. The average molecular weight is 830 g/mol. The fourth-order valence-electron chi connectivity index (χ4n) is 8.04. The molecule has 4 aromatic rings. The minimum atomic E-state index is -3.92. The number of sulfonamides is 1. The van der Waals surface area contributed by atoms with Crippen molar-refractivity contribution >= 4 is 55.9 Å². The lowest BCUT2D eigenvalue weighted by Crippen LogP contribution is -2.58. The highest BCUT2D eigenvalue weighted by molar-refractivity contribution is 7.91. The summed E-state index contributed by atoms with van der Waals surface area (Å²) in [7, 11) is -3.92. The summed E-state index contributed by atoms with van der Waals surface area (Å²) in [5, 5.41) is 5.78. The number of carbonyl (C=O) groups excluding carboxylic acids is 4. The summed E-state index contributed by atoms with van der Waals surface area (Å²) in [4.78, 5) is 62.5. The molecule has 314 valence electrons. The second kappa shape index (κ2) is 15.3. The molecule has 2 aliphatic carbocycles. The summed E-state index contributed by atoms with van der Waals surface area (Å²) in [6.07, 6.45) is 6.51. The molecule has 5 heterocycles.